The Morgan fingerprint density at radius 1 is 1.29 bits per heavy atom. The van der Waals surface area contributed by atoms with Crippen molar-refractivity contribution in [2.24, 2.45) is 0 Å². The van der Waals surface area contributed by atoms with Gasteiger partial charge in [0.1, 0.15) is 0 Å². The van der Waals surface area contributed by atoms with Crippen molar-refractivity contribution >= 4 is 33.0 Å². The van der Waals surface area contributed by atoms with Gasteiger partial charge in [-0.1, -0.05) is 59.7 Å². The fourth-order valence-electron chi connectivity index (χ4n) is 1.92. The smallest absolute Gasteiger partial charge is 0.232 e. The first kappa shape index (κ1) is 16.4. The van der Waals surface area contributed by atoms with Crippen LogP contribution in [0.15, 0.2) is 34.7 Å². The molecule has 0 saturated carbocycles. The van der Waals surface area contributed by atoms with Gasteiger partial charge in [-0.2, -0.15) is 4.31 Å². The van der Waals surface area contributed by atoms with Gasteiger partial charge in [0.05, 0.1) is 6.20 Å². The standard InChI is InChI=1S/C14H17ClN2O2S2/c1-3-8-17(10-12-6-4-11(2)5-7-12)21(18,19)13-9-16-14(15)20-13/h4-7,9H,3,8,10H2,1-2H3. The topological polar surface area (TPSA) is 50.3 Å². The molecule has 0 bridgehead atoms. The zero-order valence-corrected chi connectivity index (χ0v) is 14.3. The third kappa shape index (κ3) is 4.03. The lowest BCUT2D eigenvalue weighted by Crippen LogP contribution is -2.30. The van der Waals surface area contributed by atoms with E-state index in [1.165, 1.54) is 10.5 Å². The molecule has 0 radical (unpaired) electrons. The SMILES string of the molecule is CCCN(Cc1ccc(C)cc1)S(=O)(=O)c1cnc(Cl)s1. The number of hydrogen-bond donors (Lipinski definition) is 0. The molecule has 0 aliphatic heterocycles. The van der Waals surface area contributed by atoms with E-state index in [1.807, 2.05) is 38.1 Å². The van der Waals surface area contributed by atoms with Gasteiger partial charge < -0.3 is 0 Å². The fraction of sp³-hybridized carbons (Fsp3) is 0.357. The molecule has 2 rings (SSSR count). The van der Waals surface area contributed by atoms with Crippen LogP contribution in [0.3, 0.4) is 0 Å². The second kappa shape index (κ2) is 6.87. The Kier molecular flexibility index (Phi) is 5.37. The quantitative estimate of drug-likeness (QED) is 0.802. The number of benzene rings is 1. The molecular formula is C14H17ClN2O2S2. The van der Waals surface area contributed by atoms with Gasteiger partial charge in [0.2, 0.25) is 0 Å². The van der Waals surface area contributed by atoms with Crippen LogP contribution in [-0.4, -0.2) is 24.3 Å². The maximum Gasteiger partial charge on any atom is 0.254 e. The molecule has 1 aromatic heterocycles. The van der Waals surface area contributed by atoms with Crippen LogP contribution in [0.1, 0.15) is 24.5 Å². The van der Waals surface area contributed by atoms with Crippen molar-refractivity contribution in [2.45, 2.75) is 31.0 Å². The number of sulfonamides is 1. The lowest BCUT2D eigenvalue weighted by atomic mass is 10.1. The van der Waals surface area contributed by atoms with Crippen LogP contribution in [0, 0.1) is 6.92 Å². The largest absolute Gasteiger partial charge is 0.254 e. The van der Waals surface area contributed by atoms with Crippen LogP contribution in [0.25, 0.3) is 0 Å². The third-order valence-electron chi connectivity index (χ3n) is 3.00. The summed E-state index contributed by atoms with van der Waals surface area (Å²) in [5, 5.41) is 0. The van der Waals surface area contributed by atoms with Gasteiger partial charge in [0, 0.05) is 13.1 Å². The van der Waals surface area contributed by atoms with E-state index >= 15 is 0 Å². The van der Waals surface area contributed by atoms with Crippen molar-refractivity contribution in [2.75, 3.05) is 6.54 Å². The van der Waals surface area contributed by atoms with E-state index in [9.17, 15) is 8.42 Å². The molecular weight excluding hydrogens is 328 g/mol. The van der Waals surface area contributed by atoms with Crippen molar-refractivity contribution in [1.29, 1.82) is 0 Å². The molecule has 4 nitrogen and oxygen atoms in total. The molecule has 2 aromatic rings. The molecule has 21 heavy (non-hydrogen) atoms. The van der Waals surface area contributed by atoms with Crippen molar-refractivity contribution in [1.82, 2.24) is 9.29 Å². The predicted molar refractivity (Wildman–Crippen MR) is 86.2 cm³/mol. The minimum atomic E-state index is -3.55. The van der Waals surface area contributed by atoms with Gasteiger partial charge in [-0.25, -0.2) is 13.4 Å². The van der Waals surface area contributed by atoms with Crippen LogP contribution in [-0.2, 0) is 16.6 Å². The van der Waals surface area contributed by atoms with Crippen LogP contribution in [0.2, 0.25) is 4.47 Å². The van der Waals surface area contributed by atoms with Gasteiger partial charge >= 0.3 is 0 Å². The number of thiazole rings is 1. The molecule has 114 valence electrons. The second-order valence-corrected chi connectivity index (χ2v) is 8.53. The van der Waals surface area contributed by atoms with E-state index < -0.39 is 10.0 Å². The molecule has 1 aromatic carbocycles. The summed E-state index contributed by atoms with van der Waals surface area (Å²) in [7, 11) is -3.55. The molecule has 0 fully saturated rings. The molecule has 0 N–H and O–H groups in total. The average molecular weight is 345 g/mol. The van der Waals surface area contributed by atoms with Crippen LogP contribution < -0.4 is 0 Å². The maximum atomic E-state index is 12.6. The molecule has 7 heteroatoms. The van der Waals surface area contributed by atoms with E-state index in [1.54, 1.807) is 0 Å². The monoisotopic (exact) mass is 344 g/mol. The van der Waals surface area contributed by atoms with Gasteiger partial charge in [0.25, 0.3) is 10.0 Å². The second-order valence-electron chi connectivity index (χ2n) is 4.76. The number of halogens is 1. The van der Waals surface area contributed by atoms with Crippen molar-refractivity contribution in [3.63, 3.8) is 0 Å². The molecule has 1 heterocycles. The Bertz CT molecular complexity index is 696. The average Bonchev–Trinajstić information content (AvgIpc) is 2.88. The minimum absolute atomic E-state index is 0.188. The summed E-state index contributed by atoms with van der Waals surface area (Å²) in [6.45, 7) is 4.78. The Morgan fingerprint density at radius 2 is 1.95 bits per heavy atom. The molecule has 0 atom stereocenters. The van der Waals surface area contributed by atoms with E-state index in [0.29, 0.717) is 13.1 Å². The first-order valence-corrected chi connectivity index (χ1v) is 9.24. The Labute approximate surface area is 134 Å². The fourth-order valence-corrected chi connectivity index (χ4v) is 4.89. The van der Waals surface area contributed by atoms with Gasteiger partial charge in [-0.05, 0) is 18.9 Å². The number of aryl methyl sites for hydroxylation is 1. The molecule has 0 saturated heterocycles. The summed E-state index contributed by atoms with van der Waals surface area (Å²) in [6, 6.07) is 7.87. The first-order valence-electron chi connectivity index (χ1n) is 6.60. The Balaban J connectivity index is 2.27. The normalized spacial score (nSPS) is 12.0. The number of nitrogens with zero attached hydrogens (tertiary/aromatic N) is 2. The van der Waals surface area contributed by atoms with Crippen LogP contribution >= 0.6 is 22.9 Å². The van der Waals surface area contributed by atoms with Crippen LogP contribution in [0.5, 0.6) is 0 Å². The molecule has 0 unspecified atom stereocenters. The highest BCUT2D eigenvalue weighted by molar-refractivity contribution is 7.91. The molecule has 0 spiro atoms. The first-order chi connectivity index (χ1) is 9.93. The summed E-state index contributed by atoms with van der Waals surface area (Å²) in [4.78, 5) is 3.82. The van der Waals surface area contributed by atoms with E-state index in [2.05, 4.69) is 4.98 Å². The van der Waals surface area contributed by atoms with E-state index in [0.717, 1.165) is 28.9 Å². The van der Waals surface area contributed by atoms with Gasteiger partial charge in [-0.15, -0.1) is 0 Å². The zero-order chi connectivity index (χ0) is 15.5. The highest BCUT2D eigenvalue weighted by atomic mass is 35.5. The zero-order valence-electron chi connectivity index (χ0n) is 11.9. The lowest BCUT2D eigenvalue weighted by molar-refractivity contribution is 0.407. The summed E-state index contributed by atoms with van der Waals surface area (Å²) >= 11 is 6.74. The summed E-state index contributed by atoms with van der Waals surface area (Å²) in [5.74, 6) is 0. The Hall–Kier alpha value is -0.950. The number of rotatable bonds is 6. The van der Waals surface area contributed by atoms with Crippen LogP contribution in [0.4, 0.5) is 0 Å². The highest BCUT2D eigenvalue weighted by Crippen LogP contribution is 2.26. The third-order valence-corrected chi connectivity index (χ3v) is 6.40. The lowest BCUT2D eigenvalue weighted by Gasteiger charge is -2.20. The summed E-state index contributed by atoms with van der Waals surface area (Å²) in [5.41, 5.74) is 2.12. The number of hydrogen-bond acceptors (Lipinski definition) is 4. The summed E-state index contributed by atoms with van der Waals surface area (Å²) < 4.78 is 27.2. The summed E-state index contributed by atoms with van der Waals surface area (Å²) in [6.07, 6.45) is 2.07. The van der Waals surface area contributed by atoms with Gasteiger partial charge in [0.15, 0.2) is 8.68 Å². The molecule has 0 amide bonds. The Morgan fingerprint density at radius 3 is 2.48 bits per heavy atom. The number of aromatic nitrogens is 1. The van der Waals surface area contributed by atoms with Gasteiger partial charge in [-0.3, -0.25) is 0 Å². The van der Waals surface area contributed by atoms with Crippen molar-refractivity contribution < 1.29 is 8.42 Å². The van der Waals surface area contributed by atoms with E-state index in [-0.39, 0.29) is 8.68 Å². The van der Waals surface area contributed by atoms with E-state index in [4.69, 9.17) is 11.6 Å². The maximum absolute atomic E-state index is 12.6. The van der Waals surface area contributed by atoms with Crippen molar-refractivity contribution in [3.8, 4) is 0 Å². The molecule has 0 aliphatic rings. The van der Waals surface area contributed by atoms with Crippen molar-refractivity contribution in [3.05, 3.63) is 46.1 Å². The minimum Gasteiger partial charge on any atom is -0.232 e. The predicted octanol–water partition coefficient (Wildman–Crippen LogP) is 3.71. The molecule has 0 aliphatic carbocycles. The highest BCUT2D eigenvalue weighted by Gasteiger charge is 2.26.